The van der Waals surface area contributed by atoms with E-state index in [4.69, 9.17) is 0 Å². The maximum atomic E-state index is 12.2. The second kappa shape index (κ2) is 7.24. The molecule has 122 valence electrons. The third-order valence-corrected chi connectivity index (χ3v) is 5.80. The quantitative estimate of drug-likeness (QED) is 0.867. The van der Waals surface area contributed by atoms with Gasteiger partial charge in [0.1, 0.15) is 0 Å². The average molecular weight is 324 g/mol. The summed E-state index contributed by atoms with van der Waals surface area (Å²) in [6, 6.07) is 6.84. The summed E-state index contributed by atoms with van der Waals surface area (Å²) in [6.07, 6.45) is 3.43. The maximum absolute atomic E-state index is 12.2. The molecule has 2 N–H and O–H groups in total. The van der Waals surface area contributed by atoms with Crippen LogP contribution in [0.25, 0.3) is 0 Å². The summed E-state index contributed by atoms with van der Waals surface area (Å²) in [5.41, 5.74) is 1.03. The van der Waals surface area contributed by atoms with Crippen LogP contribution in [0.3, 0.4) is 0 Å². The molecule has 1 fully saturated rings. The highest BCUT2D eigenvalue weighted by Gasteiger charge is 2.26. The van der Waals surface area contributed by atoms with Crippen LogP contribution < -0.4 is 10.0 Å². The third-order valence-electron chi connectivity index (χ3n) is 4.36. The number of rotatable bonds is 5. The van der Waals surface area contributed by atoms with Crippen LogP contribution in [-0.4, -0.2) is 27.9 Å². The fraction of sp³-hybridized carbons (Fsp3) is 0.562. The van der Waals surface area contributed by atoms with Crippen molar-refractivity contribution < 1.29 is 13.2 Å². The van der Waals surface area contributed by atoms with Crippen LogP contribution in [0.4, 0.5) is 0 Å². The molecule has 5 nitrogen and oxygen atoms in total. The number of nitrogens with one attached hydrogen (secondary N) is 2. The van der Waals surface area contributed by atoms with Gasteiger partial charge in [-0.25, -0.2) is 13.1 Å². The Bertz CT molecular complexity index is 603. The van der Waals surface area contributed by atoms with E-state index in [0.29, 0.717) is 17.4 Å². The maximum Gasteiger partial charge on any atom is 0.240 e. The first-order valence-corrected chi connectivity index (χ1v) is 9.18. The first kappa shape index (κ1) is 17.0. The smallest absolute Gasteiger partial charge is 0.240 e. The van der Waals surface area contributed by atoms with Gasteiger partial charge in [0.2, 0.25) is 15.9 Å². The van der Waals surface area contributed by atoms with Gasteiger partial charge in [0.25, 0.3) is 0 Å². The first-order chi connectivity index (χ1) is 10.4. The molecule has 22 heavy (non-hydrogen) atoms. The highest BCUT2D eigenvalue weighted by Crippen LogP contribution is 2.28. The van der Waals surface area contributed by atoms with Crippen molar-refractivity contribution in [1.29, 1.82) is 0 Å². The van der Waals surface area contributed by atoms with Gasteiger partial charge in [0.15, 0.2) is 0 Å². The molecule has 1 aliphatic carbocycles. The molecule has 2 rings (SSSR count). The Morgan fingerprint density at radius 3 is 2.27 bits per heavy atom. The summed E-state index contributed by atoms with van der Waals surface area (Å²) in [7, 11) is -1.78. The zero-order valence-electron chi connectivity index (χ0n) is 13.1. The second-order valence-electron chi connectivity index (χ2n) is 6.00. The fourth-order valence-corrected chi connectivity index (χ4v) is 3.98. The van der Waals surface area contributed by atoms with E-state index in [1.807, 2.05) is 6.92 Å². The molecular weight excluding hydrogens is 300 g/mol. The lowest BCUT2D eigenvalue weighted by atomic mass is 9.82. The fourth-order valence-electron chi connectivity index (χ4n) is 2.86. The van der Waals surface area contributed by atoms with E-state index in [9.17, 15) is 13.2 Å². The Labute approximate surface area is 132 Å². The predicted octanol–water partition coefficient (Wildman–Crippen LogP) is 1.83. The van der Waals surface area contributed by atoms with Crippen LogP contribution in [0.1, 0.15) is 31.2 Å². The number of amides is 1. The standard InChI is InChI=1S/C16H24N2O3S/c1-12-3-9-15(10-4-12)22(20,21)18-11-13-5-7-14(8-6-13)16(19)17-2/h3-4,9-10,13-14,18H,5-8,11H2,1-2H3,(H,17,19). The van der Waals surface area contributed by atoms with E-state index < -0.39 is 10.0 Å². The second-order valence-corrected chi connectivity index (χ2v) is 7.76. The molecule has 1 aromatic rings. The SMILES string of the molecule is CNC(=O)C1CCC(CNS(=O)(=O)c2ccc(C)cc2)CC1. The van der Waals surface area contributed by atoms with Gasteiger partial charge in [-0.1, -0.05) is 17.7 Å². The number of carbonyl (C=O) groups excluding carboxylic acids is 1. The molecule has 1 aromatic carbocycles. The first-order valence-electron chi connectivity index (χ1n) is 7.70. The highest BCUT2D eigenvalue weighted by atomic mass is 32.2. The molecule has 1 amide bonds. The summed E-state index contributed by atoms with van der Waals surface area (Å²) in [5, 5.41) is 2.68. The van der Waals surface area contributed by atoms with Gasteiger partial charge in [0.05, 0.1) is 4.90 Å². The molecule has 0 bridgehead atoms. The van der Waals surface area contributed by atoms with Crippen LogP contribution in [-0.2, 0) is 14.8 Å². The van der Waals surface area contributed by atoms with Crippen molar-refractivity contribution in [3.63, 3.8) is 0 Å². The van der Waals surface area contributed by atoms with Gasteiger partial charge >= 0.3 is 0 Å². The van der Waals surface area contributed by atoms with Crippen molar-refractivity contribution in [2.45, 2.75) is 37.5 Å². The average Bonchev–Trinajstić information content (AvgIpc) is 2.53. The highest BCUT2D eigenvalue weighted by molar-refractivity contribution is 7.89. The van der Waals surface area contributed by atoms with E-state index in [2.05, 4.69) is 10.0 Å². The van der Waals surface area contributed by atoms with Crippen LogP contribution in [0.15, 0.2) is 29.2 Å². The van der Waals surface area contributed by atoms with E-state index in [1.165, 1.54) is 0 Å². The lowest BCUT2D eigenvalue weighted by molar-refractivity contribution is -0.125. The minimum Gasteiger partial charge on any atom is -0.359 e. The predicted molar refractivity (Wildman–Crippen MR) is 85.9 cm³/mol. The molecule has 6 heteroatoms. The van der Waals surface area contributed by atoms with Crippen LogP contribution in [0, 0.1) is 18.8 Å². The molecular formula is C16H24N2O3S. The summed E-state index contributed by atoms with van der Waals surface area (Å²) < 4.78 is 27.2. The Hall–Kier alpha value is -1.40. The lowest BCUT2D eigenvalue weighted by Gasteiger charge is -2.27. The van der Waals surface area contributed by atoms with Gasteiger partial charge in [-0.15, -0.1) is 0 Å². The zero-order chi connectivity index (χ0) is 16.2. The van der Waals surface area contributed by atoms with Crippen molar-refractivity contribution in [3.8, 4) is 0 Å². The lowest BCUT2D eigenvalue weighted by Crippen LogP contribution is -2.34. The number of sulfonamides is 1. The summed E-state index contributed by atoms with van der Waals surface area (Å²) >= 11 is 0. The minimum absolute atomic E-state index is 0.0787. The third kappa shape index (κ3) is 4.30. The van der Waals surface area contributed by atoms with Crippen LogP contribution >= 0.6 is 0 Å². The topological polar surface area (TPSA) is 75.3 Å². The van der Waals surface area contributed by atoms with Crippen molar-refractivity contribution in [3.05, 3.63) is 29.8 Å². The van der Waals surface area contributed by atoms with Crippen molar-refractivity contribution in [2.75, 3.05) is 13.6 Å². The molecule has 0 spiro atoms. The molecule has 0 atom stereocenters. The molecule has 0 heterocycles. The van der Waals surface area contributed by atoms with Gasteiger partial charge in [-0.3, -0.25) is 4.79 Å². The van der Waals surface area contributed by atoms with Gasteiger partial charge < -0.3 is 5.32 Å². The minimum atomic E-state index is -3.44. The number of hydrogen-bond acceptors (Lipinski definition) is 3. The van der Waals surface area contributed by atoms with E-state index in [1.54, 1.807) is 31.3 Å². The normalized spacial score (nSPS) is 22.3. The molecule has 0 aliphatic heterocycles. The van der Waals surface area contributed by atoms with Gasteiger partial charge in [0, 0.05) is 19.5 Å². The Morgan fingerprint density at radius 1 is 1.14 bits per heavy atom. The van der Waals surface area contributed by atoms with E-state index in [0.717, 1.165) is 31.2 Å². The van der Waals surface area contributed by atoms with E-state index in [-0.39, 0.29) is 11.8 Å². The number of benzene rings is 1. The van der Waals surface area contributed by atoms with Crippen LogP contribution in [0.2, 0.25) is 0 Å². The van der Waals surface area contributed by atoms with Crippen LogP contribution in [0.5, 0.6) is 0 Å². The Morgan fingerprint density at radius 2 is 1.73 bits per heavy atom. The molecule has 0 aromatic heterocycles. The Kier molecular flexibility index (Phi) is 5.58. The van der Waals surface area contributed by atoms with Gasteiger partial charge in [-0.2, -0.15) is 0 Å². The van der Waals surface area contributed by atoms with Crippen molar-refractivity contribution >= 4 is 15.9 Å². The summed E-state index contributed by atoms with van der Waals surface area (Å²) in [5.74, 6) is 0.481. The van der Waals surface area contributed by atoms with Crippen molar-refractivity contribution in [2.24, 2.45) is 11.8 Å². The number of hydrogen-bond donors (Lipinski definition) is 2. The Balaban J connectivity index is 1.86. The zero-order valence-corrected chi connectivity index (χ0v) is 13.9. The largest absolute Gasteiger partial charge is 0.359 e. The molecule has 1 saturated carbocycles. The van der Waals surface area contributed by atoms with E-state index >= 15 is 0 Å². The summed E-state index contributed by atoms with van der Waals surface area (Å²) in [6.45, 7) is 2.37. The van der Waals surface area contributed by atoms with Gasteiger partial charge in [-0.05, 0) is 50.7 Å². The summed E-state index contributed by atoms with van der Waals surface area (Å²) in [4.78, 5) is 11.9. The molecule has 0 saturated heterocycles. The molecule has 1 aliphatic rings. The molecule has 0 radical (unpaired) electrons. The number of carbonyl (C=O) groups is 1. The monoisotopic (exact) mass is 324 g/mol. The number of aryl methyl sites for hydroxylation is 1. The van der Waals surface area contributed by atoms with Crippen molar-refractivity contribution in [1.82, 2.24) is 10.0 Å². The molecule has 0 unspecified atom stereocenters.